The lowest BCUT2D eigenvalue weighted by Gasteiger charge is -2.58. The fraction of sp³-hybridized carbons (Fsp3) is 0.750. The van der Waals surface area contributed by atoms with Crippen LogP contribution in [0, 0.1) is 64.1 Å². The third kappa shape index (κ3) is 3.21. The number of allylic oxidation sites excluding steroid dienone is 5. The quantitative estimate of drug-likeness (QED) is 0.384. The monoisotopic (exact) mass is 491 g/mol. The standard InChI is InChI=1S/C32H45NO3/c1-16(2)17(3)7-8-18(4)24-15-22-27-26(29(35)33-30(27)36)21-14-19-13-20(34)9-11-31(19,5)23-10-12-32(24,6)28(22)25(21)23/h7-8,14,16-18,20-24,26-27,34H,9-13,15H2,1-6H3,(H,33,35,36)/b8-7+/t17-,18+,20-,21+,22+,23?,24?,26-,27+,31-,32+/m0/s1. The van der Waals surface area contributed by atoms with E-state index in [-0.39, 0.29) is 52.4 Å². The van der Waals surface area contributed by atoms with Gasteiger partial charge in [0.1, 0.15) is 0 Å². The van der Waals surface area contributed by atoms with Gasteiger partial charge in [-0.3, -0.25) is 14.9 Å². The predicted molar refractivity (Wildman–Crippen MR) is 141 cm³/mol. The molecule has 0 radical (unpaired) electrons. The van der Waals surface area contributed by atoms with Crippen LogP contribution in [-0.4, -0.2) is 23.0 Å². The Hall–Kier alpha value is -1.68. The average Bonchev–Trinajstić information content (AvgIpc) is 3.30. The lowest BCUT2D eigenvalue weighted by Crippen LogP contribution is -2.50. The Bertz CT molecular complexity index is 1080. The molecule has 5 aliphatic carbocycles. The number of rotatable bonds is 4. The summed E-state index contributed by atoms with van der Waals surface area (Å²) in [5.41, 5.74) is 4.62. The minimum atomic E-state index is -0.282. The maximum absolute atomic E-state index is 13.3. The first-order chi connectivity index (χ1) is 17.0. The summed E-state index contributed by atoms with van der Waals surface area (Å²) in [4.78, 5) is 26.5. The van der Waals surface area contributed by atoms with Crippen LogP contribution in [-0.2, 0) is 9.59 Å². The van der Waals surface area contributed by atoms with Crippen molar-refractivity contribution in [2.24, 2.45) is 64.1 Å². The van der Waals surface area contributed by atoms with Crippen LogP contribution < -0.4 is 5.32 Å². The van der Waals surface area contributed by atoms with E-state index >= 15 is 0 Å². The molecule has 2 saturated carbocycles. The van der Waals surface area contributed by atoms with E-state index in [9.17, 15) is 14.7 Å². The Morgan fingerprint density at radius 3 is 2.42 bits per heavy atom. The van der Waals surface area contributed by atoms with Crippen molar-refractivity contribution in [1.82, 2.24) is 5.32 Å². The Kier molecular flexibility index (Phi) is 5.58. The molecule has 3 fully saturated rings. The summed E-state index contributed by atoms with van der Waals surface area (Å²) in [6, 6.07) is 0. The lowest BCUT2D eigenvalue weighted by molar-refractivity contribution is -0.126. The van der Waals surface area contributed by atoms with Crippen molar-refractivity contribution in [3.8, 4) is 0 Å². The van der Waals surface area contributed by atoms with Gasteiger partial charge in [-0.25, -0.2) is 0 Å². The zero-order valence-electron chi connectivity index (χ0n) is 23.0. The molecule has 196 valence electrons. The maximum Gasteiger partial charge on any atom is 0.231 e. The summed E-state index contributed by atoms with van der Waals surface area (Å²) in [6.07, 6.45) is 12.9. The molecule has 2 amide bonds. The van der Waals surface area contributed by atoms with Gasteiger partial charge in [0.15, 0.2) is 0 Å². The lowest BCUT2D eigenvalue weighted by atomic mass is 9.46. The normalized spacial score (nSPS) is 46.9. The first kappa shape index (κ1) is 24.6. The Balaban J connectivity index is 1.49. The minimum Gasteiger partial charge on any atom is -0.393 e. The van der Waals surface area contributed by atoms with Crippen molar-refractivity contribution in [3.05, 3.63) is 34.9 Å². The van der Waals surface area contributed by atoms with Crippen LogP contribution >= 0.6 is 0 Å². The highest BCUT2D eigenvalue weighted by atomic mass is 16.3. The number of imide groups is 1. The second-order valence-electron chi connectivity index (χ2n) is 14.1. The number of carbonyl (C=O) groups is 2. The van der Waals surface area contributed by atoms with Gasteiger partial charge < -0.3 is 5.11 Å². The van der Waals surface area contributed by atoms with Crippen molar-refractivity contribution >= 4 is 11.8 Å². The molecule has 0 spiro atoms. The molecular formula is C32H45NO3. The van der Waals surface area contributed by atoms with Gasteiger partial charge in [0, 0.05) is 5.92 Å². The fourth-order valence-corrected chi connectivity index (χ4v) is 9.74. The molecule has 4 heteroatoms. The molecule has 2 N–H and O–H groups in total. The van der Waals surface area contributed by atoms with Gasteiger partial charge in [0.05, 0.1) is 17.9 Å². The van der Waals surface area contributed by atoms with Gasteiger partial charge >= 0.3 is 0 Å². The smallest absolute Gasteiger partial charge is 0.231 e. The topological polar surface area (TPSA) is 66.4 Å². The van der Waals surface area contributed by atoms with E-state index in [2.05, 4.69) is 65.1 Å². The van der Waals surface area contributed by atoms with Crippen LogP contribution in [0.5, 0.6) is 0 Å². The summed E-state index contributed by atoms with van der Waals surface area (Å²) in [7, 11) is 0. The van der Waals surface area contributed by atoms with E-state index in [1.54, 1.807) is 5.57 Å². The Morgan fingerprint density at radius 1 is 1.00 bits per heavy atom. The van der Waals surface area contributed by atoms with E-state index in [0.29, 0.717) is 29.6 Å². The van der Waals surface area contributed by atoms with Crippen molar-refractivity contribution in [2.75, 3.05) is 0 Å². The summed E-state index contributed by atoms with van der Waals surface area (Å²) >= 11 is 0. The highest BCUT2D eigenvalue weighted by Gasteiger charge is 2.66. The number of hydrogen-bond donors (Lipinski definition) is 2. The van der Waals surface area contributed by atoms with Crippen LogP contribution in [0.15, 0.2) is 34.9 Å². The molecule has 0 aromatic heterocycles. The molecule has 36 heavy (non-hydrogen) atoms. The summed E-state index contributed by atoms with van der Waals surface area (Å²) < 4.78 is 0. The molecular weight excluding hydrogens is 446 g/mol. The molecule has 1 aliphatic heterocycles. The Labute approximate surface area is 217 Å². The van der Waals surface area contributed by atoms with E-state index in [4.69, 9.17) is 0 Å². The van der Waals surface area contributed by atoms with E-state index in [1.807, 2.05) is 0 Å². The van der Waals surface area contributed by atoms with Crippen LogP contribution in [0.3, 0.4) is 0 Å². The zero-order valence-corrected chi connectivity index (χ0v) is 23.0. The number of aliphatic hydroxyl groups is 1. The summed E-state index contributed by atoms with van der Waals surface area (Å²) in [5.74, 6) is 2.17. The highest BCUT2D eigenvalue weighted by molar-refractivity contribution is 6.06. The van der Waals surface area contributed by atoms with Crippen molar-refractivity contribution in [1.29, 1.82) is 0 Å². The summed E-state index contributed by atoms with van der Waals surface area (Å²) in [5, 5.41) is 13.3. The molecule has 1 saturated heterocycles. The minimum absolute atomic E-state index is 0.0243. The molecule has 6 aliphatic rings. The number of carbonyl (C=O) groups excluding carboxylic acids is 2. The molecule has 11 atom stereocenters. The Morgan fingerprint density at radius 2 is 1.69 bits per heavy atom. The van der Waals surface area contributed by atoms with Crippen LogP contribution in [0.25, 0.3) is 0 Å². The van der Waals surface area contributed by atoms with Crippen molar-refractivity contribution in [2.45, 2.75) is 86.2 Å². The largest absolute Gasteiger partial charge is 0.393 e. The zero-order chi connectivity index (χ0) is 25.7. The fourth-order valence-electron chi connectivity index (χ4n) is 9.74. The van der Waals surface area contributed by atoms with Crippen molar-refractivity contribution < 1.29 is 14.7 Å². The van der Waals surface area contributed by atoms with Crippen LogP contribution in [0.4, 0.5) is 0 Å². The number of fused-ring (bicyclic) bond motifs is 5. The SMILES string of the molecule is CC(C)[C@@H](C)/C=C/[C@@H](C)C1C[C@H]2C3=C4C(CC[C@@]31C)[C@@]1(C)CC[C@H](O)CC1=C[C@H]4[C@@H]1C(=O)NC(=O)[C@@H]12. The first-order valence-electron chi connectivity index (χ1n) is 14.6. The second kappa shape index (κ2) is 8.16. The van der Waals surface area contributed by atoms with Gasteiger partial charge in [-0.05, 0) is 84.9 Å². The molecule has 2 unspecified atom stereocenters. The van der Waals surface area contributed by atoms with E-state index in [1.165, 1.54) is 17.6 Å². The number of nitrogens with one attached hydrogen (secondary N) is 1. The number of amides is 2. The third-order valence-corrected chi connectivity index (χ3v) is 12.1. The molecule has 1 heterocycles. The average molecular weight is 492 g/mol. The van der Waals surface area contributed by atoms with Crippen molar-refractivity contribution in [3.63, 3.8) is 0 Å². The summed E-state index contributed by atoms with van der Waals surface area (Å²) in [6.45, 7) is 14.2. The van der Waals surface area contributed by atoms with E-state index < -0.39 is 0 Å². The maximum atomic E-state index is 13.3. The van der Waals surface area contributed by atoms with Gasteiger partial charge in [-0.2, -0.15) is 0 Å². The third-order valence-electron chi connectivity index (χ3n) is 12.1. The van der Waals surface area contributed by atoms with Gasteiger partial charge in [0.25, 0.3) is 0 Å². The van der Waals surface area contributed by atoms with Crippen LogP contribution in [0.1, 0.15) is 80.1 Å². The molecule has 0 aromatic rings. The van der Waals surface area contributed by atoms with Gasteiger partial charge in [-0.15, -0.1) is 0 Å². The first-order valence-corrected chi connectivity index (χ1v) is 14.6. The van der Waals surface area contributed by atoms with Gasteiger partial charge in [-0.1, -0.05) is 76.5 Å². The molecule has 4 nitrogen and oxygen atoms in total. The van der Waals surface area contributed by atoms with Gasteiger partial charge in [0.2, 0.25) is 11.8 Å². The predicted octanol–water partition coefficient (Wildman–Crippen LogP) is 5.83. The molecule has 0 aromatic carbocycles. The molecule has 6 rings (SSSR count). The number of hydrogen-bond acceptors (Lipinski definition) is 3. The van der Waals surface area contributed by atoms with Crippen LogP contribution in [0.2, 0.25) is 0 Å². The highest BCUT2D eigenvalue weighted by Crippen LogP contribution is 2.71. The second-order valence-corrected chi connectivity index (χ2v) is 14.1. The number of aliphatic hydroxyl groups excluding tert-OH is 1. The van der Waals surface area contributed by atoms with E-state index in [0.717, 1.165) is 32.1 Å². The molecule has 0 bridgehead atoms.